The second kappa shape index (κ2) is 4.88. The molecule has 2 rings (SSSR count). The van der Waals surface area contributed by atoms with Gasteiger partial charge in [-0.2, -0.15) is 0 Å². The number of hydrogen-bond acceptors (Lipinski definition) is 3. The highest BCUT2D eigenvalue weighted by molar-refractivity contribution is 9.10. The van der Waals surface area contributed by atoms with Crippen LogP contribution in [0.5, 0.6) is 0 Å². The third-order valence-electron chi connectivity index (χ3n) is 1.93. The molecule has 0 radical (unpaired) electrons. The quantitative estimate of drug-likeness (QED) is 0.733. The fourth-order valence-corrected chi connectivity index (χ4v) is 1.46. The Morgan fingerprint density at radius 3 is 2.53 bits per heavy atom. The molecule has 0 atom stereocenters. The van der Waals surface area contributed by atoms with Crippen molar-refractivity contribution in [3.05, 3.63) is 46.6 Å². The summed E-state index contributed by atoms with van der Waals surface area (Å²) in [6, 6.07) is 6.34. The Balaban J connectivity index is 1.91. The van der Waals surface area contributed by atoms with Gasteiger partial charge < -0.3 is 9.40 Å². The molecular weight excluding hydrogens is 290 g/mol. The van der Waals surface area contributed by atoms with E-state index in [1.165, 1.54) is 6.07 Å². The van der Waals surface area contributed by atoms with E-state index in [-0.39, 0.29) is 5.76 Å². The van der Waals surface area contributed by atoms with E-state index in [0.29, 0.717) is 10.4 Å². The molecule has 2 aromatic rings. The maximum atomic E-state index is 11.5. The summed E-state index contributed by atoms with van der Waals surface area (Å²) in [6.45, 7) is 0. The Labute approximate surface area is 104 Å². The van der Waals surface area contributed by atoms with Gasteiger partial charge in [0, 0.05) is 6.20 Å². The van der Waals surface area contributed by atoms with Gasteiger partial charge in [0.15, 0.2) is 10.4 Å². The van der Waals surface area contributed by atoms with Gasteiger partial charge in [-0.25, -0.2) is 0 Å². The van der Waals surface area contributed by atoms with Gasteiger partial charge in [-0.05, 0) is 40.2 Å². The number of H-pyrrole nitrogens is 1. The predicted molar refractivity (Wildman–Crippen MR) is 62.1 cm³/mol. The molecule has 0 saturated heterocycles. The Bertz CT molecular complexity index is 533. The van der Waals surface area contributed by atoms with Gasteiger partial charge in [-0.15, -0.1) is 0 Å². The second-order valence-electron chi connectivity index (χ2n) is 3.10. The molecule has 3 N–H and O–H groups in total. The summed E-state index contributed by atoms with van der Waals surface area (Å²) in [6.07, 6.45) is 1.61. The molecule has 7 heteroatoms. The van der Waals surface area contributed by atoms with Crippen LogP contribution in [0.3, 0.4) is 0 Å². The third-order valence-corrected chi connectivity index (χ3v) is 2.36. The van der Waals surface area contributed by atoms with Crippen molar-refractivity contribution in [1.82, 2.24) is 15.8 Å². The van der Waals surface area contributed by atoms with E-state index in [1.807, 2.05) is 0 Å². The first-order valence-electron chi connectivity index (χ1n) is 4.66. The number of carbonyl (C=O) groups is 2. The van der Waals surface area contributed by atoms with Gasteiger partial charge in [0.1, 0.15) is 5.69 Å². The lowest BCUT2D eigenvalue weighted by molar-refractivity contribution is 0.0828. The zero-order valence-corrected chi connectivity index (χ0v) is 10.1. The summed E-state index contributed by atoms with van der Waals surface area (Å²) in [4.78, 5) is 25.6. The number of hydrazine groups is 1. The van der Waals surface area contributed by atoms with Crippen LogP contribution in [0, 0.1) is 0 Å². The average Bonchev–Trinajstić information content (AvgIpc) is 2.95. The van der Waals surface area contributed by atoms with Crippen LogP contribution in [0.1, 0.15) is 21.0 Å². The number of furan rings is 1. The van der Waals surface area contributed by atoms with Crippen LogP contribution in [0.2, 0.25) is 0 Å². The van der Waals surface area contributed by atoms with E-state index >= 15 is 0 Å². The lowest BCUT2D eigenvalue weighted by atomic mass is 10.4. The second-order valence-corrected chi connectivity index (χ2v) is 3.88. The molecule has 2 heterocycles. The van der Waals surface area contributed by atoms with Crippen molar-refractivity contribution in [3.8, 4) is 0 Å². The number of rotatable bonds is 2. The summed E-state index contributed by atoms with van der Waals surface area (Å²) in [5.74, 6) is -0.867. The highest BCUT2D eigenvalue weighted by atomic mass is 79.9. The Hall–Kier alpha value is -2.02. The Kier molecular flexibility index (Phi) is 3.29. The molecule has 2 amide bonds. The average molecular weight is 298 g/mol. The van der Waals surface area contributed by atoms with Crippen LogP contribution in [-0.2, 0) is 0 Å². The van der Waals surface area contributed by atoms with Crippen LogP contribution in [0.15, 0.2) is 39.5 Å². The molecule has 0 aliphatic rings. The van der Waals surface area contributed by atoms with Crippen LogP contribution < -0.4 is 10.9 Å². The largest absolute Gasteiger partial charge is 0.444 e. The maximum Gasteiger partial charge on any atom is 0.305 e. The number of amides is 2. The molecule has 0 spiro atoms. The van der Waals surface area contributed by atoms with Gasteiger partial charge >= 0.3 is 5.91 Å². The minimum absolute atomic E-state index is 0.101. The predicted octanol–water partition coefficient (Wildman–Crippen LogP) is 1.44. The monoisotopic (exact) mass is 297 g/mol. The van der Waals surface area contributed by atoms with E-state index in [2.05, 4.69) is 31.8 Å². The van der Waals surface area contributed by atoms with Crippen molar-refractivity contribution >= 4 is 27.7 Å². The highest BCUT2D eigenvalue weighted by Gasteiger charge is 2.12. The minimum atomic E-state index is -0.532. The molecule has 0 aliphatic heterocycles. The van der Waals surface area contributed by atoms with Crippen LogP contribution >= 0.6 is 15.9 Å². The first-order chi connectivity index (χ1) is 8.16. The first-order valence-corrected chi connectivity index (χ1v) is 5.45. The van der Waals surface area contributed by atoms with Crippen molar-refractivity contribution in [2.75, 3.05) is 0 Å². The molecule has 0 aromatic carbocycles. The van der Waals surface area contributed by atoms with Crippen molar-refractivity contribution in [2.45, 2.75) is 0 Å². The summed E-state index contributed by atoms with van der Waals surface area (Å²) in [7, 11) is 0. The molecule has 0 fully saturated rings. The van der Waals surface area contributed by atoms with E-state index in [9.17, 15) is 9.59 Å². The molecule has 17 heavy (non-hydrogen) atoms. The van der Waals surface area contributed by atoms with Gasteiger partial charge in [-0.3, -0.25) is 20.4 Å². The zero-order valence-electron chi connectivity index (χ0n) is 8.49. The lowest BCUT2D eigenvalue weighted by Gasteiger charge is -2.03. The number of aromatic amines is 1. The fourth-order valence-electron chi connectivity index (χ4n) is 1.15. The van der Waals surface area contributed by atoms with E-state index < -0.39 is 11.8 Å². The highest BCUT2D eigenvalue weighted by Crippen LogP contribution is 2.13. The Morgan fingerprint density at radius 1 is 1.18 bits per heavy atom. The molecule has 0 unspecified atom stereocenters. The Morgan fingerprint density at radius 2 is 1.94 bits per heavy atom. The molecule has 88 valence electrons. The van der Waals surface area contributed by atoms with E-state index in [1.54, 1.807) is 24.4 Å². The minimum Gasteiger partial charge on any atom is -0.444 e. The summed E-state index contributed by atoms with van der Waals surface area (Å²) >= 11 is 3.07. The molecule has 2 aromatic heterocycles. The maximum absolute atomic E-state index is 11.5. The normalized spacial score (nSPS) is 9.94. The van der Waals surface area contributed by atoms with Crippen LogP contribution in [0.25, 0.3) is 0 Å². The number of halogens is 1. The van der Waals surface area contributed by atoms with Gasteiger partial charge in [0.25, 0.3) is 5.91 Å². The summed E-state index contributed by atoms with van der Waals surface area (Å²) in [5.41, 5.74) is 4.83. The van der Waals surface area contributed by atoms with Crippen LogP contribution in [-0.4, -0.2) is 16.8 Å². The van der Waals surface area contributed by atoms with Gasteiger partial charge in [-0.1, -0.05) is 0 Å². The molecule has 0 bridgehead atoms. The summed E-state index contributed by atoms with van der Waals surface area (Å²) in [5, 5.41) is 0. The lowest BCUT2D eigenvalue weighted by Crippen LogP contribution is -2.41. The van der Waals surface area contributed by atoms with Gasteiger partial charge in [0.2, 0.25) is 0 Å². The van der Waals surface area contributed by atoms with Crippen molar-refractivity contribution in [2.24, 2.45) is 0 Å². The third kappa shape index (κ3) is 2.76. The van der Waals surface area contributed by atoms with Crippen molar-refractivity contribution < 1.29 is 14.0 Å². The number of hydrogen-bond donors (Lipinski definition) is 3. The number of nitrogens with one attached hydrogen (secondary N) is 3. The van der Waals surface area contributed by atoms with Crippen molar-refractivity contribution in [1.29, 1.82) is 0 Å². The van der Waals surface area contributed by atoms with E-state index in [0.717, 1.165) is 0 Å². The topological polar surface area (TPSA) is 87.1 Å². The number of carbonyl (C=O) groups excluding carboxylic acids is 2. The standard InChI is InChI=1S/C10H8BrN3O3/c11-8-4-3-7(17-8)10(16)14-13-9(15)6-2-1-5-12-6/h1-5,12H,(H,13,15)(H,14,16). The SMILES string of the molecule is O=C(NNC(=O)c1ccc(Br)o1)c1ccc[nH]1. The fraction of sp³-hybridized carbons (Fsp3) is 0. The molecule has 6 nitrogen and oxygen atoms in total. The number of aromatic nitrogens is 1. The van der Waals surface area contributed by atoms with Crippen molar-refractivity contribution in [3.63, 3.8) is 0 Å². The molecule has 0 aliphatic carbocycles. The van der Waals surface area contributed by atoms with Crippen LogP contribution in [0.4, 0.5) is 0 Å². The van der Waals surface area contributed by atoms with Gasteiger partial charge in [0.05, 0.1) is 0 Å². The summed E-state index contributed by atoms with van der Waals surface area (Å²) < 4.78 is 5.46. The van der Waals surface area contributed by atoms with E-state index in [4.69, 9.17) is 4.42 Å². The molecule has 0 saturated carbocycles. The smallest absolute Gasteiger partial charge is 0.305 e. The zero-order chi connectivity index (χ0) is 12.3. The molecular formula is C10H8BrN3O3. The first kappa shape index (κ1) is 11.5.